The predicted octanol–water partition coefficient (Wildman–Crippen LogP) is 3.46. The summed E-state index contributed by atoms with van der Waals surface area (Å²) in [7, 11) is -3.24. The summed E-state index contributed by atoms with van der Waals surface area (Å²) in [6.45, 7) is 0.270. The molecule has 0 aliphatic heterocycles. The Bertz CT molecular complexity index is 1150. The predicted molar refractivity (Wildman–Crippen MR) is 123 cm³/mol. The van der Waals surface area contributed by atoms with Crippen LogP contribution in [0.3, 0.4) is 0 Å². The Morgan fingerprint density at radius 3 is 2.38 bits per heavy atom. The molecule has 0 aliphatic carbocycles. The van der Waals surface area contributed by atoms with E-state index in [9.17, 15) is 18.0 Å². The molecular weight excluding hydrogens is 450 g/mol. The fourth-order valence-electron chi connectivity index (χ4n) is 2.73. The van der Waals surface area contributed by atoms with E-state index >= 15 is 0 Å². The molecule has 1 N–H and O–H groups in total. The molecule has 1 heterocycles. The second kappa shape index (κ2) is 11.0. The standard InChI is InChI=1S/C23H23NO6S2/c1-32(27,28)24-14-13-20-11-12-22(31-20)21(25)16-30-23(26)18-9-7-17(8-10-18)15-29-19-5-3-2-4-6-19/h2-12,24H,13-16H2,1H3. The number of nitrogens with one attached hydrogen (secondary N) is 1. The van der Waals surface area contributed by atoms with E-state index in [2.05, 4.69) is 4.72 Å². The molecule has 0 aliphatic rings. The highest BCUT2D eigenvalue weighted by atomic mass is 32.2. The van der Waals surface area contributed by atoms with Crippen molar-refractivity contribution in [2.75, 3.05) is 19.4 Å². The molecule has 0 spiro atoms. The van der Waals surface area contributed by atoms with Crippen LogP contribution >= 0.6 is 11.3 Å². The Morgan fingerprint density at radius 1 is 0.969 bits per heavy atom. The van der Waals surface area contributed by atoms with Gasteiger partial charge in [-0.05, 0) is 48.4 Å². The van der Waals surface area contributed by atoms with Crippen molar-refractivity contribution in [2.24, 2.45) is 0 Å². The van der Waals surface area contributed by atoms with Crippen molar-refractivity contribution in [3.8, 4) is 5.75 Å². The van der Waals surface area contributed by atoms with Crippen LogP contribution in [0.4, 0.5) is 0 Å². The lowest BCUT2D eigenvalue weighted by atomic mass is 10.1. The number of para-hydroxylation sites is 1. The number of rotatable bonds is 11. The molecule has 32 heavy (non-hydrogen) atoms. The van der Waals surface area contributed by atoms with Gasteiger partial charge in [-0.2, -0.15) is 0 Å². The lowest BCUT2D eigenvalue weighted by Gasteiger charge is -2.07. The van der Waals surface area contributed by atoms with E-state index in [0.29, 0.717) is 23.5 Å². The van der Waals surface area contributed by atoms with Gasteiger partial charge < -0.3 is 9.47 Å². The summed E-state index contributed by atoms with van der Waals surface area (Å²) in [4.78, 5) is 25.9. The van der Waals surface area contributed by atoms with Gasteiger partial charge in [0.1, 0.15) is 12.4 Å². The molecule has 168 valence electrons. The smallest absolute Gasteiger partial charge is 0.338 e. The Labute approximate surface area is 191 Å². The molecule has 3 rings (SSSR count). The maximum Gasteiger partial charge on any atom is 0.338 e. The maximum absolute atomic E-state index is 12.3. The monoisotopic (exact) mass is 473 g/mol. The highest BCUT2D eigenvalue weighted by Crippen LogP contribution is 2.18. The summed E-state index contributed by atoms with van der Waals surface area (Å²) < 4.78 is 35.4. The van der Waals surface area contributed by atoms with Crippen LogP contribution in [0, 0.1) is 0 Å². The third-order valence-corrected chi connectivity index (χ3v) is 6.26. The normalized spacial score (nSPS) is 11.2. The highest BCUT2D eigenvalue weighted by molar-refractivity contribution is 7.88. The summed E-state index contributed by atoms with van der Waals surface area (Å²) in [5.41, 5.74) is 1.25. The molecule has 7 nitrogen and oxygen atoms in total. The number of Topliss-reactive ketones (excluding diaryl/α,β-unsaturated/α-hetero) is 1. The molecule has 2 aromatic carbocycles. The molecule has 0 bridgehead atoms. The van der Waals surface area contributed by atoms with Gasteiger partial charge in [0, 0.05) is 11.4 Å². The van der Waals surface area contributed by atoms with E-state index in [1.54, 1.807) is 36.4 Å². The van der Waals surface area contributed by atoms with E-state index in [1.165, 1.54) is 11.3 Å². The quantitative estimate of drug-likeness (QED) is 0.338. The Morgan fingerprint density at radius 2 is 1.69 bits per heavy atom. The van der Waals surface area contributed by atoms with Gasteiger partial charge in [-0.15, -0.1) is 11.3 Å². The summed E-state index contributed by atoms with van der Waals surface area (Å²) >= 11 is 1.26. The summed E-state index contributed by atoms with van der Waals surface area (Å²) in [5.74, 6) is -0.126. The van der Waals surface area contributed by atoms with Crippen LogP contribution in [0.2, 0.25) is 0 Å². The second-order valence-corrected chi connectivity index (χ2v) is 9.98. The number of carbonyl (C=O) groups excluding carboxylic acids is 2. The third-order valence-electron chi connectivity index (χ3n) is 4.34. The van der Waals surface area contributed by atoms with Gasteiger partial charge in [-0.1, -0.05) is 30.3 Å². The molecule has 1 aromatic heterocycles. The Kier molecular flexibility index (Phi) is 8.15. The first-order valence-corrected chi connectivity index (χ1v) is 12.5. The van der Waals surface area contributed by atoms with Crippen LogP contribution in [0.25, 0.3) is 0 Å². The number of sulfonamides is 1. The van der Waals surface area contributed by atoms with Gasteiger partial charge in [0.15, 0.2) is 6.61 Å². The largest absolute Gasteiger partial charge is 0.489 e. The SMILES string of the molecule is CS(=O)(=O)NCCc1ccc(C(=O)COC(=O)c2ccc(COc3ccccc3)cc2)s1. The van der Waals surface area contributed by atoms with Crippen LogP contribution in [-0.2, 0) is 27.8 Å². The molecule has 0 unspecified atom stereocenters. The molecule has 0 atom stereocenters. The zero-order chi connectivity index (χ0) is 23.0. The zero-order valence-corrected chi connectivity index (χ0v) is 19.1. The van der Waals surface area contributed by atoms with Crippen LogP contribution in [0.5, 0.6) is 5.75 Å². The van der Waals surface area contributed by atoms with Crippen LogP contribution in [-0.4, -0.2) is 39.6 Å². The fourth-order valence-corrected chi connectivity index (χ4v) is 4.13. The van der Waals surface area contributed by atoms with Crippen molar-refractivity contribution in [3.05, 3.63) is 87.6 Å². The van der Waals surface area contributed by atoms with Crippen LogP contribution in [0.1, 0.15) is 30.5 Å². The van der Waals surface area contributed by atoms with Gasteiger partial charge in [0.25, 0.3) is 0 Å². The van der Waals surface area contributed by atoms with Gasteiger partial charge in [-0.25, -0.2) is 17.9 Å². The molecule has 0 fully saturated rings. The molecule has 0 amide bonds. The first kappa shape index (κ1) is 23.6. The lowest BCUT2D eigenvalue weighted by molar-refractivity contribution is 0.0476. The van der Waals surface area contributed by atoms with Crippen molar-refractivity contribution in [1.29, 1.82) is 0 Å². The summed E-state index contributed by atoms with van der Waals surface area (Å²) in [6.07, 6.45) is 1.57. The zero-order valence-electron chi connectivity index (χ0n) is 17.4. The maximum atomic E-state index is 12.3. The molecule has 0 radical (unpaired) electrons. The minimum Gasteiger partial charge on any atom is -0.489 e. The van der Waals surface area contributed by atoms with E-state index in [0.717, 1.165) is 22.4 Å². The number of thiophene rings is 1. The topological polar surface area (TPSA) is 98.8 Å². The second-order valence-electron chi connectivity index (χ2n) is 6.98. The number of hydrogen-bond donors (Lipinski definition) is 1. The van der Waals surface area contributed by atoms with Gasteiger partial charge in [0.2, 0.25) is 15.8 Å². The Balaban J connectivity index is 1.45. The van der Waals surface area contributed by atoms with Gasteiger partial charge >= 0.3 is 5.97 Å². The van der Waals surface area contributed by atoms with Crippen LogP contribution in [0.15, 0.2) is 66.7 Å². The molecule has 9 heteroatoms. The minimum absolute atomic E-state index is 0.258. The van der Waals surface area contributed by atoms with Crippen molar-refractivity contribution >= 4 is 33.1 Å². The van der Waals surface area contributed by atoms with Crippen LogP contribution < -0.4 is 9.46 Å². The van der Waals surface area contributed by atoms with E-state index in [1.807, 2.05) is 30.3 Å². The first-order chi connectivity index (χ1) is 15.3. The fraction of sp³-hybridized carbons (Fsp3) is 0.217. The number of benzene rings is 2. The third kappa shape index (κ3) is 7.60. The van der Waals surface area contributed by atoms with E-state index < -0.39 is 16.0 Å². The number of hydrogen-bond acceptors (Lipinski definition) is 7. The first-order valence-electron chi connectivity index (χ1n) is 9.80. The minimum atomic E-state index is -3.24. The van der Waals surface area contributed by atoms with E-state index in [4.69, 9.17) is 9.47 Å². The van der Waals surface area contributed by atoms with Crippen molar-refractivity contribution in [2.45, 2.75) is 13.0 Å². The number of ketones is 1. The average molecular weight is 474 g/mol. The van der Waals surface area contributed by atoms with Gasteiger partial charge in [0.05, 0.1) is 16.7 Å². The van der Waals surface area contributed by atoms with Crippen molar-refractivity contribution in [1.82, 2.24) is 4.72 Å². The number of ether oxygens (including phenoxy) is 2. The average Bonchev–Trinajstić information content (AvgIpc) is 3.25. The number of carbonyl (C=O) groups is 2. The van der Waals surface area contributed by atoms with E-state index in [-0.39, 0.29) is 18.9 Å². The van der Waals surface area contributed by atoms with Crippen molar-refractivity contribution in [3.63, 3.8) is 0 Å². The molecule has 0 saturated carbocycles. The number of esters is 1. The molecular formula is C23H23NO6S2. The lowest BCUT2D eigenvalue weighted by Crippen LogP contribution is -2.24. The molecule has 3 aromatic rings. The van der Waals surface area contributed by atoms with Gasteiger partial charge in [-0.3, -0.25) is 4.79 Å². The van der Waals surface area contributed by atoms with Crippen molar-refractivity contribution < 1.29 is 27.5 Å². The summed E-state index contributed by atoms with van der Waals surface area (Å²) in [5, 5.41) is 0. The highest BCUT2D eigenvalue weighted by Gasteiger charge is 2.14. The molecule has 0 saturated heterocycles. The summed E-state index contributed by atoms with van der Waals surface area (Å²) in [6, 6.07) is 19.7. The Hall–Kier alpha value is -3.01.